The first kappa shape index (κ1) is 17.8. The molecule has 0 radical (unpaired) electrons. The molecule has 1 saturated heterocycles. The summed E-state index contributed by atoms with van der Waals surface area (Å²) in [5.74, 6) is 1.85. The van der Waals surface area contributed by atoms with Gasteiger partial charge in [0, 0.05) is 12.6 Å². The van der Waals surface area contributed by atoms with E-state index in [1.165, 1.54) is 0 Å². The van der Waals surface area contributed by atoms with Gasteiger partial charge in [0.05, 0.1) is 37.3 Å². The number of likely N-dealkylation sites (tertiary alicyclic amines) is 1. The predicted octanol–water partition coefficient (Wildman–Crippen LogP) is 2.76. The molecule has 0 spiro atoms. The molecule has 2 atom stereocenters. The van der Waals surface area contributed by atoms with E-state index in [-0.39, 0.29) is 0 Å². The highest BCUT2D eigenvalue weighted by Crippen LogP contribution is 2.53. The van der Waals surface area contributed by atoms with Gasteiger partial charge in [0.1, 0.15) is 21.7 Å². The van der Waals surface area contributed by atoms with E-state index in [2.05, 4.69) is 36.8 Å². The number of aliphatic hydroxyl groups is 1. The van der Waals surface area contributed by atoms with E-state index in [0.717, 1.165) is 18.5 Å². The number of hydrogen-bond donors (Lipinski definition) is 1. The molecular weight excluding hydrogens is 418 g/mol. The van der Waals surface area contributed by atoms with Gasteiger partial charge in [0.2, 0.25) is 0 Å². The number of rotatable bonds is 4. The molecule has 0 amide bonds. The third-order valence-corrected chi connectivity index (χ3v) is 6.15. The van der Waals surface area contributed by atoms with Crippen molar-refractivity contribution in [2.75, 3.05) is 41.5 Å². The van der Waals surface area contributed by atoms with Crippen LogP contribution in [0.4, 0.5) is 0 Å². The minimum atomic E-state index is -0.634. The summed E-state index contributed by atoms with van der Waals surface area (Å²) in [7, 11) is 6.78. The molecule has 7 heteroatoms. The molecule has 0 aliphatic carbocycles. The Morgan fingerprint density at radius 1 is 1.23 bits per heavy atom. The molecule has 1 fully saturated rings. The van der Waals surface area contributed by atoms with Gasteiger partial charge in [-0.05, 0) is 35.9 Å². The van der Waals surface area contributed by atoms with Crippen molar-refractivity contribution in [3.05, 3.63) is 16.1 Å². The topological polar surface area (TPSA) is 51.2 Å². The third-order valence-electron chi connectivity index (χ3n) is 4.08. The lowest BCUT2D eigenvalue weighted by molar-refractivity contribution is 0.0502. The van der Waals surface area contributed by atoms with Crippen LogP contribution in [0.5, 0.6) is 17.2 Å². The molecule has 1 N–H and O–H groups in total. The summed E-state index contributed by atoms with van der Waals surface area (Å²) in [6.45, 7) is 1.43. The van der Waals surface area contributed by atoms with Crippen molar-refractivity contribution in [3.63, 3.8) is 0 Å². The van der Waals surface area contributed by atoms with Gasteiger partial charge < -0.3 is 24.2 Å². The maximum Gasteiger partial charge on any atom is 0.145 e. The summed E-state index contributed by atoms with van der Waals surface area (Å²) < 4.78 is 16.6. The number of halogens is 2. The molecule has 1 aromatic rings. The molecule has 22 heavy (non-hydrogen) atoms. The van der Waals surface area contributed by atoms with Crippen LogP contribution >= 0.6 is 31.9 Å². The highest BCUT2D eigenvalue weighted by atomic mass is 79.9. The molecular formula is C15H21Br2NO4. The number of methoxy groups -OCH3 is 3. The molecule has 124 valence electrons. The average molecular weight is 439 g/mol. The van der Waals surface area contributed by atoms with Crippen LogP contribution in [0.2, 0.25) is 0 Å². The maximum atomic E-state index is 10.7. The molecule has 0 bridgehead atoms. The normalized spacial score (nSPS) is 25.9. The second-order valence-corrected chi connectivity index (χ2v) is 7.60. The molecule has 2 rings (SSSR count). The minimum Gasteiger partial charge on any atom is -0.496 e. The van der Waals surface area contributed by atoms with Crippen LogP contribution < -0.4 is 14.2 Å². The summed E-state index contributed by atoms with van der Waals surface area (Å²) >= 11 is 7.28. The fourth-order valence-electron chi connectivity index (χ4n) is 2.83. The zero-order valence-electron chi connectivity index (χ0n) is 13.2. The van der Waals surface area contributed by atoms with E-state index in [0.29, 0.717) is 28.3 Å². The lowest BCUT2D eigenvalue weighted by Gasteiger charge is -2.42. The van der Waals surface area contributed by atoms with Crippen molar-refractivity contribution >= 4 is 31.9 Å². The number of β-amino-alcohol motifs (C(OH)–C–C–N with tert-alkyl or cyclic N) is 1. The van der Waals surface area contributed by atoms with Gasteiger partial charge in [0.25, 0.3) is 0 Å². The number of ether oxygens (including phenoxy) is 3. The van der Waals surface area contributed by atoms with Crippen molar-refractivity contribution < 1.29 is 19.3 Å². The second kappa shape index (κ2) is 6.95. The highest BCUT2D eigenvalue weighted by Gasteiger charge is 2.45. The second-order valence-electron chi connectivity index (χ2n) is 5.39. The summed E-state index contributed by atoms with van der Waals surface area (Å²) in [4.78, 5) is 2.10. The zero-order chi connectivity index (χ0) is 16.5. The molecule has 1 aromatic carbocycles. The Labute approximate surface area is 147 Å². The SMILES string of the molecule is COc1cc(OC)c(C2(Br)CCN(C)CC2O)c(OC)c1Br. The van der Waals surface area contributed by atoms with Crippen LogP contribution in [0, 0.1) is 0 Å². The largest absolute Gasteiger partial charge is 0.496 e. The van der Waals surface area contributed by atoms with Crippen LogP contribution in [-0.4, -0.2) is 57.6 Å². The van der Waals surface area contributed by atoms with E-state index in [4.69, 9.17) is 14.2 Å². The summed E-state index contributed by atoms with van der Waals surface area (Å²) in [6, 6.07) is 1.80. The Morgan fingerprint density at radius 3 is 2.36 bits per heavy atom. The Morgan fingerprint density at radius 2 is 1.86 bits per heavy atom. The van der Waals surface area contributed by atoms with Crippen LogP contribution in [0.1, 0.15) is 12.0 Å². The molecule has 1 aliphatic rings. The summed E-state index contributed by atoms with van der Waals surface area (Å²) in [5.41, 5.74) is 0.797. The van der Waals surface area contributed by atoms with Gasteiger partial charge in [-0.15, -0.1) is 0 Å². The first-order valence-corrected chi connectivity index (χ1v) is 8.52. The van der Waals surface area contributed by atoms with Gasteiger partial charge in [-0.1, -0.05) is 15.9 Å². The van der Waals surface area contributed by atoms with Crippen molar-refractivity contribution in [3.8, 4) is 17.2 Å². The molecule has 0 aromatic heterocycles. The van der Waals surface area contributed by atoms with E-state index < -0.39 is 10.4 Å². The lowest BCUT2D eigenvalue weighted by Crippen LogP contribution is -2.49. The van der Waals surface area contributed by atoms with Gasteiger partial charge in [-0.3, -0.25) is 0 Å². The molecule has 0 saturated carbocycles. The van der Waals surface area contributed by atoms with Gasteiger partial charge in [-0.25, -0.2) is 0 Å². The first-order chi connectivity index (χ1) is 10.4. The monoisotopic (exact) mass is 437 g/mol. The summed E-state index contributed by atoms with van der Waals surface area (Å²) in [5, 5.41) is 10.7. The number of alkyl halides is 1. The van der Waals surface area contributed by atoms with Gasteiger partial charge in [-0.2, -0.15) is 0 Å². The number of nitrogens with zero attached hydrogens (tertiary/aromatic N) is 1. The molecule has 2 unspecified atom stereocenters. The van der Waals surface area contributed by atoms with Crippen LogP contribution in [0.25, 0.3) is 0 Å². The Bertz CT molecular complexity index is 555. The van der Waals surface area contributed by atoms with E-state index in [1.807, 2.05) is 7.05 Å². The predicted molar refractivity (Wildman–Crippen MR) is 92.5 cm³/mol. The molecule has 5 nitrogen and oxygen atoms in total. The number of hydrogen-bond acceptors (Lipinski definition) is 5. The highest BCUT2D eigenvalue weighted by molar-refractivity contribution is 9.10. The average Bonchev–Trinajstić information content (AvgIpc) is 2.50. The van der Waals surface area contributed by atoms with E-state index in [1.54, 1.807) is 27.4 Å². The van der Waals surface area contributed by atoms with Crippen molar-refractivity contribution in [2.45, 2.75) is 16.8 Å². The Hall–Kier alpha value is -0.500. The Balaban J connectivity index is 2.65. The van der Waals surface area contributed by atoms with E-state index in [9.17, 15) is 5.11 Å². The fraction of sp³-hybridized carbons (Fsp3) is 0.600. The van der Waals surface area contributed by atoms with Crippen molar-refractivity contribution in [2.24, 2.45) is 0 Å². The maximum absolute atomic E-state index is 10.7. The van der Waals surface area contributed by atoms with Crippen molar-refractivity contribution in [1.82, 2.24) is 4.90 Å². The smallest absolute Gasteiger partial charge is 0.145 e. The molecule has 1 heterocycles. The molecule has 1 aliphatic heterocycles. The zero-order valence-corrected chi connectivity index (χ0v) is 16.3. The quantitative estimate of drug-likeness (QED) is 0.732. The standard InChI is InChI=1S/C15H21Br2NO4/c1-18-6-5-15(17,11(19)8-18)12-9(20-2)7-10(21-3)13(16)14(12)22-4/h7,11,19H,5-6,8H2,1-4H3. The number of benzene rings is 1. The minimum absolute atomic E-state index is 0.571. The van der Waals surface area contributed by atoms with Crippen LogP contribution in [0.15, 0.2) is 10.5 Å². The number of piperidine rings is 1. The fourth-order valence-corrected chi connectivity index (χ4v) is 4.16. The van der Waals surface area contributed by atoms with Gasteiger partial charge in [0.15, 0.2) is 0 Å². The number of aliphatic hydroxyl groups excluding tert-OH is 1. The van der Waals surface area contributed by atoms with Crippen LogP contribution in [0.3, 0.4) is 0 Å². The summed E-state index contributed by atoms with van der Waals surface area (Å²) in [6.07, 6.45) is 0.144. The van der Waals surface area contributed by atoms with Crippen molar-refractivity contribution in [1.29, 1.82) is 0 Å². The van der Waals surface area contributed by atoms with Crippen LogP contribution in [-0.2, 0) is 4.32 Å². The first-order valence-electron chi connectivity index (χ1n) is 6.93. The lowest BCUT2D eigenvalue weighted by atomic mass is 9.85. The number of likely N-dealkylation sites (N-methyl/N-ethyl adjacent to an activating group) is 1. The third kappa shape index (κ3) is 2.96. The van der Waals surface area contributed by atoms with E-state index >= 15 is 0 Å². The Kier molecular flexibility index (Phi) is 5.63. The van der Waals surface area contributed by atoms with Gasteiger partial charge >= 0.3 is 0 Å².